The Morgan fingerprint density at radius 1 is 1.18 bits per heavy atom. The van der Waals surface area contributed by atoms with E-state index in [0.717, 1.165) is 42.4 Å². The second-order valence-electron chi connectivity index (χ2n) is 10.3. The Kier molecular flexibility index (Phi) is 7.69. The highest BCUT2D eigenvalue weighted by atomic mass is 35.5. The van der Waals surface area contributed by atoms with Crippen LogP contribution in [0.2, 0.25) is 10.0 Å². The average Bonchev–Trinajstić information content (AvgIpc) is 3.52. The van der Waals surface area contributed by atoms with Gasteiger partial charge in [0.25, 0.3) is 0 Å². The first-order chi connectivity index (χ1) is 18.7. The van der Waals surface area contributed by atoms with E-state index in [2.05, 4.69) is 16.9 Å². The fraction of sp³-hybridized carbons (Fsp3) is 0.379. The van der Waals surface area contributed by atoms with E-state index in [1.54, 1.807) is 20.1 Å². The van der Waals surface area contributed by atoms with Crippen LogP contribution in [0.25, 0.3) is 22.6 Å². The molecular weight excluding hydrogens is 539 g/mol. The fourth-order valence-electron chi connectivity index (χ4n) is 4.53. The van der Waals surface area contributed by atoms with Gasteiger partial charge in [0.15, 0.2) is 11.2 Å². The summed E-state index contributed by atoms with van der Waals surface area (Å²) in [5, 5.41) is 10.3. The van der Waals surface area contributed by atoms with Crippen LogP contribution in [0.3, 0.4) is 0 Å². The van der Waals surface area contributed by atoms with Gasteiger partial charge in [-0.05, 0) is 74.9 Å². The molecule has 1 aliphatic rings. The number of ether oxygens (including phenoxy) is 2. The van der Waals surface area contributed by atoms with Crippen LogP contribution < -0.4 is 9.47 Å². The highest BCUT2D eigenvalue weighted by molar-refractivity contribution is 6.33. The number of hydrogen-bond acceptors (Lipinski definition) is 6. The van der Waals surface area contributed by atoms with Crippen LogP contribution in [0.1, 0.15) is 50.7 Å². The maximum Gasteiger partial charge on any atom is 0.306 e. The molecule has 0 spiro atoms. The fourth-order valence-corrected chi connectivity index (χ4v) is 5.01. The van der Waals surface area contributed by atoms with Crippen molar-refractivity contribution < 1.29 is 19.4 Å². The van der Waals surface area contributed by atoms with Crippen molar-refractivity contribution in [3.63, 3.8) is 0 Å². The summed E-state index contributed by atoms with van der Waals surface area (Å²) in [7, 11) is 1.62. The van der Waals surface area contributed by atoms with Crippen molar-refractivity contribution in [2.75, 3.05) is 7.11 Å². The standard InChI is InChI=1S/C29H30Cl2N4O4/c1-17(28(36)37)5-4-6-18-7-9-21(22(31)13-18)25-34-24-26(32-16-33-27(24)39-29(2)11-12-29)35(25)15-19-14-20(30)8-10-23(19)38-3/h7-10,13-14,16-17H,4-6,11-12,15H2,1-3H3,(H,36,37). The molecule has 0 aliphatic heterocycles. The number of methoxy groups -OCH3 is 1. The van der Waals surface area contributed by atoms with Crippen LogP contribution in [-0.4, -0.2) is 43.3 Å². The van der Waals surface area contributed by atoms with E-state index in [9.17, 15) is 4.79 Å². The van der Waals surface area contributed by atoms with Gasteiger partial charge in [-0.3, -0.25) is 4.79 Å². The van der Waals surface area contributed by atoms with Crippen LogP contribution in [-0.2, 0) is 17.8 Å². The van der Waals surface area contributed by atoms with Crippen LogP contribution in [0, 0.1) is 5.92 Å². The van der Waals surface area contributed by atoms with Crippen molar-refractivity contribution in [2.45, 2.75) is 58.1 Å². The lowest BCUT2D eigenvalue weighted by Gasteiger charge is -2.14. The van der Waals surface area contributed by atoms with E-state index in [0.29, 0.717) is 51.6 Å². The Labute approximate surface area is 236 Å². The summed E-state index contributed by atoms with van der Waals surface area (Å²) in [6.07, 6.45) is 5.51. The number of fused-ring (bicyclic) bond motifs is 1. The van der Waals surface area contributed by atoms with Crippen molar-refractivity contribution in [1.82, 2.24) is 19.5 Å². The van der Waals surface area contributed by atoms with Crippen LogP contribution in [0.5, 0.6) is 11.6 Å². The molecule has 204 valence electrons. The molecule has 1 atom stereocenters. The quantitative estimate of drug-likeness (QED) is 0.211. The van der Waals surface area contributed by atoms with Crippen LogP contribution >= 0.6 is 23.2 Å². The van der Waals surface area contributed by atoms with E-state index >= 15 is 0 Å². The number of benzene rings is 2. The number of aryl methyl sites for hydroxylation is 1. The molecule has 0 bridgehead atoms. The first kappa shape index (κ1) is 27.2. The molecule has 1 N–H and O–H groups in total. The third-order valence-electron chi connectivity index (χ3n) is 7.17. The van der Waals surface area contributed by atoms with E-state index in [4.69, 9.17) is 42.8 Å². The molecule has 2 aromatic carbocycles. The predicted molar refractivity (Wildman–Crippen MR) is 151 cm³/mol. The zero-order valence-electron chi connectivity index (χ0n) is 22.1. The van der Waals surface area contributed by atoms with Gasteiger partial charge in [-0.25, -0.2) is 9.97 Å². The molecule has 5 rings (SSSR count). The number of aliphatic carboxylic acids is 1. The average molecular weight is 569 g/mol. The van der Waals surface area contributed by atoms with Gasteiger partial charge in [0.1, 0.15) is 23.5 Å². The normalized spacial score (nSPS) is 14.8. The van der Waals surface area contributed by atoms with Gasteiger partial charge < -0.3 is 19.1 Å². The summed E-state index contributed by atoms with van der Waals surface area (Å²) in [4.78, 5) is 25.1. The smallest absolute Gasteiger partial charge is 0.306 e. The molecule has 1 aliphatic carbocycles. The van der Waals surface area contributed by atoms with Crippen molar-refractivity contribution in [3.05, 3.63) is 63.9 Å². The van der Waals surface area contributed by atoms with E-state index in [1.165, 1.54) is 6.33 Å². The minimum Gasteiger partial charge on any atom is -0.496 e. The Morgan fingerprint density at radius 2 is 1.97 bits per heavy atom. The molecule has 1 saturated carbocycles. The first-order valence-electron chi connectivity index (χ1n) is 12.9. The molecule has 0 saturated heterocycles. The Morgan fingerprint density at radius 3 is 2.67 bits per heavy atom. The lowest BCUT2D eigenvalue weighted by atomic mass is 10.0. The van der Waals surface area contributed by atoms with Crippen molar-refractivity contribution in [1.29, 1.82) is 0 Å². The number of hydrogen-bond donors (Lipinski definition) is 1. The molecule has 10 heteroatoms. The minimum atomic E-state index is -0.777. The summed E-state index contributed by atoms with van der Waals surface area (Å²) >= 11 is 13.2. The maximum atomic E-state index is 11.1. The van der Waals surface area contributed by atoms with Gasteiger partial charge in [-0.15, -0.1) is 0 Å². The number of carbonyl (C=O) groups is 1. The SMILES string of the molecule is COc1ccc(Cl)cc1Cn1c(-c2ccc(CCCC(C)C(=O)O)cc2Cl)nc2c(OC3(C)CC3)ncnc21. The second-order valence-corrected chi connectivity index (χ2v) is 11.2. The summed E-state index contributed by atoms with van der Waals surface area (Å²) in [5.41, 5.74) is 3.57. The number of aromatic nitrogens is 4. The molecule has 1 unspecified atom stereocenters. The molecule has 4 aromatic rings. The monoisotopic (exact) mass is 568 g/mol. The number of rotatable bonds is 11. The van der Waals surface area contributed by atoms with Gasteiger partial charge >= 0.3 is 5.97 Å². The van der Waals surface area contributed by atoms with Crippen molar-refractivity contribution >= 4 is 40.3 Å². The number of halogens is 2. The Balaban J connectivity index is 1.55. The Hall–Kier alpha value is -3.36. The molecule has 1 fully saturated rings. The molecule has 0 radical (unpaired) electrons. The van der Waals surface area contributed by atoms with Gasteiger partial charge in [0.05, 0.1) is 24.6 Å². The number of carboxylic acids is 1. The van der Waals surface area contributed by atoms with Crippen LogP contribution in [0.15, 0.2) is 42.7 Å². The van der Waals surface area contributed by atoms with Crippen LogP contribution in [0.4, 0.5) is 0 Å². The Bertz CT molecular complexity index is 1530. The minimum absolute atomic E-state index is 0.237. The predicted octanol–water partition coefficient (Wildman–Crippen LogP) is 6.83. The van der Waals surface area contributed by atoms with Gasteiger partial charge in [0, 0.05) is 16.1 Å². The first-order valence-corrected chi connectivity index (χ1v) is 13.7. The number of carboxylic acid groups (broad SMARTS) is 1. The zero-order valence-corrected chi connectivity index (χ0v) is 23.6. The second kappa shape index (κ2) is 11.0. The van der Waals surface area contributed by atoms with Gasteiger partial charge in [-0.2, -0.15) is 4.98 Å². The van der Waals surface area contributed by atoms with Gasteiger partial charge in [0.2, 0.25) is 5.88 Å². The lowest BCUT2D eigenvalue weighted by molar-refractivity contribution is -0.141. The highest BCUT2D eigenvalue weighted by Gasteiger charge is 2.41. The molecule has 39 heavy (non-hydrogen) atoms. The molecule has 0 amide bonds. The lowest BCUT2D eigenvalue weighted by Crippen LogP contribution is -2.13. The van der Waals surface area contributed by atoms with Crippen molar-refractivity contribution in [3.8, 4) is 23.0 Å². The molecule has 2 heterocycles. The molecule has 2 aromatic heterocycles. The highest BCUT2D eigenvalue weighted by Crippen LogP contribution is 2.41. The molecular formula is C29H30Cl2N4O4. The zero-order chi connectivity index (χ0) is 27.7. The van der Waals surface area contributed by atoms with Crippen molar-refractivity contribution in [2.24, 2.45) is 5.92 Å². The largest absolute Gasteiger partial charge is 0.496 e. The third kappa shape index (κ3) is 5.97. The molecule has 8 nitrogen and oxygen atoms in total. The summed E-state index contributed by atoms with van der Waals surface area (Å²) in [6, 6.07) is 11.4. The third-order valence-corrected chi connectivity index (χ3v) is 7.71. The van der Waals surface area contributed by atoms with E-state index < -0.39 is 5.97 Å². The van der Waals surface area contributed by atoms with Gasteiger partial charge in [-0.1, -0.05) is 36.2 Å². The maximum absolute atomic E-state index is 11.1. The number of nitrogens with zero attached hydrogens (tertiary/aromatic N) is 4. The summed E-state index contributed by atoms with van der Waals surface area (Å²) in [6.45, 7) is 4.17. The number of imidazole rings is 1. The van der Waals surface area contributed by atoms with E-state index in [1.807, 2.05) is 34.9 Å². The van der Waals surface area contributed by atoms with E-state index in [-0.39, 0.29) is 11.5 Å². The summed E-state index contributed by atoms with van der Waals surface area (Å²) in [5.74, 6) is 0.604. The summed E-state index contributed by atoms with van der Waals surface area (Å²) < 4.78 is 13.8. The topological polar surface area (TPSA) is 99.4 Å².